The molecule has 1 heterocycles. The smallest absolute Gasteiger partial charge is 0.233 e. The lowest BCUT2D eigenvalue weighted by Gasteiger charge is -2.12. The number of allylic oxidation sites excluding steroid dienone is 1. The fraction of sp³-hybridized carbons (Fsp3) is 0.267. The van der Waals surface area contributed by atoms with E-state index >= 15 is 0 Å². The summed E-state index contributed by atoms with van der Waals surface area (Å²) >= 11 is 1.33. The van der Waals surface area contributed by atoms with Crippen LogP contribution in [0.15, 0.2) is 48.4 Å². The van der Waals surface area contributed by atoms with Crippen LogP contribution in [-0.2, 0) is 17.9 Å². The van der Waals surface area contributed by atoms with Crippen molar-refractivity contribution in [3.63, 3.8) is 0 Å². The molecule has 1 atom stereocenters. The van der Waals surface area contributed by atoms with Crippen LogP contribution < -0.4 is 5.32 Å². The highest BCUT2D eigenvalue weighted by molar-refractivity contribution is 8.00. The largest absolute Gasteiger partial charge is 0.351 e. The van der Waals surface area contributed by atoms with E-state index in [-0.39, 0.29) is 17.0 Å². The lowest BCUT2D eigenvalue weighted by Crippen LogP contribution is -2.30. The fourth-order valence-electron chi connectivity index (χ4n) is 1.75. The normalized spacial score (nSPS) is 11.9. The summed E-state index contributed by atoms with van der Waals surface area (Å²) in [5.74, 6) is -0.400. The highest BCUT2D eigenvalue weighted by Gasteiger charge is 2.17. The molecule has 0 saturated heterocycles. The third-order valence-corrected chi connectivity index (χ3v) is 4.03. The number of carbonyl (C=O) groups is 1. The van der Waals surface area contributed by atoms with Gasteiger partial charge in [-0.15, -0.1) is 16.8 Å². The van der Waals surface area contributed by atoms with E-state index in [2.05, 4.69) is 22.1 Å². The van der Waals surface area contributed by atoms with Crippen LogP contribution in [-0.4, -0.2) is 25.9 Å². The number of thioether (sulfide) groups is 1. The number of rotatable bonds is 7. The standard InChI is InChI=1S/C15H17FN4OS/c1-3-8-20-10-18-19-15(20)22-11(2)14(21)17-9-12-4-6-13(16)7-5-12/h3-7,10-11H,1,8-9H2,2H3,(H,17,21)/t11-/m0/s1. The van der Waals surface area contributed by atoms with E-state index in [1.165, 1.54) is 23.9 Å². The van der Waals surface area contributed by atoms with Gasteiger partial charge in [0.15, 0.2) is 5.16 Å². The molecule has 0 spiro atoms. The van der Waals surface area contributed by atoms with Crippen molar-refractivity contribution < 1.29 is 9.18 Å². The van der Waals surface area contributed by atoms with E-state index in [4.69, 9.17) is 0 Å². The maximum Gasteiger partial charge on any atom is 0.233 e. The number of hydrogen-bond acceptors (Lipinski definition) is 4. The fourth-order valence-corrected chi connectivity index (χ4v) is 2.60. The Labute approximate surface area is 132 Å². The second-order valence-electron chi connectivity index (χ2n) is 4.66. The molecule has 5 nitrogen and oxygen atoms in total. The molecule has 1 aromatic heterocycles. The van der Waals surface area contributed by atoms with Gasteiger partial charge in [0.05, 0.1) is 5.25 Å². The minimum absolute atomic E-state index is 0.109. The first-order valence-corrected chi connectivity index (χ1v) is 7.65. The molecule has 1 amide bonds. The van der Waals surface area contributed by atoms with Crippen molar-refractivity contribution in [2.75, 3.05) is 0 Å². The molecule has 2 aromatic rings. The molecule has 0 radical (unpaired) electrons. The van der Waals surface area contributed by atoms with E-state index < -0.39 is 0 Å². The van der Waals surface area contributed by atoms with Crippen LogP contribution in [0.2, 0.25) is 0 Å². The molecule has 0 saturated carbocycles. The summed E-state index contributed by atoms with van der Waals surface area (Å²) in [5.41, 5.74) is 0.849. The molecule has 1 N–H and O–H groups in total. The molecule has 116 valence electrons. The SMILES string of the molecule is C=CCn1cnnc1S[C@@H](C)C(=O)NCc1ccc(F)cc1. The zero-order chi connectivity index (χ0) is 15.9. The Balaban J connectivity index is 1.87. The van der Waals surface area contributed by atoms with E-state index in [0.717, 1.165) is 5.56 Å². The lowest BCUT2D eigenvalue weighted by molar-refractivity contribution is -0.120. The van der Waals surface area contributed by atoms with Crippen LogP contribution >= 0.6 is 11.8 Å². The number of aromatic nitrogens is 3. The summed E-state index contributed by atoms with van der Waals surface area (Å²) < 4.78 is 14.6. The monoisotopic (exact) mass is 320 g/mol. The quantitative estimate of drug-likeness (QED) is 0.629. The number of benzene rings is 1. The minimum Gasteiger partial charge on any atom is -0.351 e. The van der Waals surface area contributed by atoms with Crippen molar-refractivity contribution in [2.24, 2.45) is 0 Å². The third-order valence-electron chi connectivity index (χ3n) is 2.94. The maximum absolute atomic E-state index is 12.8. The first-order valence-electron chi connectivity index (χ1n) is 6.77. The maximum atomic E-state index is 12.8. The molecule has 1 aromatic carbocycles. The Bertz CT molecular complexity index is 641. The van der Waals surface area contributed by atoms with Gasteiger partial charge in [0, 0.05) is 13.1 Å². The van der Waals surface area contributed by atoms with Gasteiger partial charge >= 0.3 is 0 Å². The molecule has 0 aliphatic heterocycles. The number of carbonyl (C=O) groups excluding carboxylic acids is 1. The van der Waals surface area contributed by atoms with Gasteiger partial charge in [-0.1, -0.05) is 30.0 Å². The molecule has 0 aliphatic rings. The van der Waals surface area contributed by atoms with Gasteiger partial charge in [0.2, 0.25) is 5.91 Å². The predicted octanol–water partition coefficient (Wildman–Crippen LogP) is 2.40. The van der Waals surface area contributed by atoms with Crippen molar-refractivity contribution in [1.29, 1.82) is 0 Å². The summed E-state index contributed by atoms with van der Waals surface area (Å²) in [6, 6.07) is 6.04. The summed E-state index contributed by atoms with van der Waals surface area (Å²) in [6.45, 7) is 6.43. The summed E-state index contributed by atoms with van der Waals surface area (Å²) in [6.07, 6.45) is 3.35. The number of halogens is 1. The van der Waals surface area contributed by atoms with E-state index in [1.807, 2.05) is 4.57 Å². The molecule has 0 unspecified atom stereocenters. The van der Waals surface area contributed by atoms with Crippen molar-refractivity contribution in [3.05, 3.63) is 54.6 Å². The molecular formula is C15H17FN4OS. The molecule has 2 rings (SSSR count). The zero-order valence-electron chi connectivity index (χ0n) is 12.2. The number of nitrogens with one attached hydrogen (secondary N) is 1. The first-order chi connectivity index (χ1) is 10.6. The Kier molecular flexibility index (Phi) is 5.71. The summed E-state index contributed by atoms with van der Waals surface area (Å²) in [5, 5.41) is 11.0. The molecular weight excluding hydrogens is 303 g/mol. The van der Waals surface area contributed by atoms with Crippen LogP contribution in [0.5, 0.6) is 0 Å². The molecule has 0 aliphatic carbocycles. The lowest BCUT2D eigenvalue weighted by atomic mass is 10.2. The Morgan fingerprint density at radius 3 is 2.91 bits per heavy atom. The van der Waals surface area contributed by atoms with Crippen LogP contribution in [0.25, 0.3) is 0 Å². The van der Waals surface area contributed by atoms with Gasteiger partial charge in [0.1, 0.15) is 12.1 Å². The van der Waals surface area contributed by atoms with Crippen molar-refractivity contribution in [3.8, 4) is 0 Å². The third kappa shape index (κ3) is 4.42. The average molecular weight is 320 g/mol. The van der Waals surface area contributed by atoms with Crippen LogP contribution in [0, 0.1) is 5.82 Å². The van der Waals surface area contributed by atoms with E-state index in [1.54, 1.807) is 31.5 Å². The van der Waals surface area contributed by atoms with Crippen molar-refractivity contribution in [1.82, 2.24) is 20.1 Å². The molecule has 7 heteroatoms. The van der Waals surface area contributed by atoms with Gasteiger partial charge in [-0.05, 0) is 24.6 Å². The van der Waals surface area contributed by atoms with Crippen LogP contribution in [0.4, 0.5) is 4.39 Å². The van der Waals surface area contributed by atoms with Crippen LogP contribution in [0.3, 0.4) is 0 Å². The molecule has 22 heavy (non-hydrogen) atoms. The zero-order valence-corrected chi connectivity index (χ0v) is 13.0. The Morgan fingerprint density at radius 1 is 1.50 bits per heavy atom. The number of nitrogens with zero attached hydrogens (tertiary/aromatic N) is 3. The van der Waals surface area contributed by atoms with Crippen LogP contribution in [0.1, 0.15) is 12.5 Å². The van der Waals surface area contributed by atoms with Gasteiger partial charge in [-0.25, -0.2) is 4.39 Å². The van der Waals surface area contributed by atoms with E-state index in [9.17, 15) is 9.18 Å². The first kappa shape index (κ1) is 16.2. The predicted molar refractivity (Wildman–Crippen MR) is 83.8 cm³/mol. The summed E-state index contributed by atoms with van der Waals surface area (Å²) in [7, 11) is 0. The van der Waals surface area contributed by atoms with Gasteiger partial charge in [-0.3, -0.25) is 4.79 Å². The second kappa shape index (κ2) is 7.74. The second-order valence-corrected chi connectivity index (χ2v) is 5.97. The number of hydrogen-bond donors (Lipinski definition) is 1. The summed E-state index contributed by atoms with van der Waals surface area (Å²) in [4.78, 5) is 12.1. The number of amides is 1. The highest BCUT2D eigenvalue weighted by Crippen LogP contribution is 2.21. The Hall–Kier alpha value is -2.15. The van der Waals surface area contributed by atoms with Gasteiger partial charge in [-0.2, -0.15) is 0 Å². The van der Waals surface area contributed by atoms with Gasteiger partial charge in [0.25, 0.3) is 0 Å². The molecule has 0 fully saturated rings. The van der Waals surface area contributed by atoms with Gasteiger partial charge < -0.3 is 9.88 Å². The average Bonchev–Trinajstić information content (AvgIpc) is 2.94. The topological polar surface area (TPSA) is 59.8 Å². The van der Waals surface area contributed by atoms with Crippen molar-refractivity contribution in [2.45, 2.75) is 30.4 Å². The molecule has 0 bridgehead atoms. The highest BCUT2D eigenvalue weighted by atomic mass is 32.2. The Morgan fingerprint density at radius 2 is 2.23 bits per heavy atom. The van der Waals surface area contributed by atoms with Crippen molar-refractivity contribution >= 4 is 17.7 Å². The minimum atomic E-state index is -0.312. The van der Waals surface area contributed by atoms with E-state index in [0.29, 0.717) is 18.2 Å².